The summed E-state index contributed by atoms with van der Waals surface area (Å²) in [4.78, 5) is 25.4. The van der Waals surface area contributed by atoms with Gasteiger partial charge in [-0.2, -0.15) is 0 Å². The fourth-order valence-corrected chi connectivity index (χ4v) is 6.34. The Morgan fingerprint density at radius 3 is 2.41 bits per heavy atom. The zero-order chi connectivity index (χ0) is 23.4. The van der Waals surface area contributed by atoms with Crippen molar-refractivity contribution in [2.24, 2.45) is 5.92 Å². The Hall–Kier alpha value is -2.50. The van der Waals surface area contributed by atoms with E-state index in [1.165, 1.54) is 44.2 Å². The summed E-state index contributed by atoms with van der Waals surface area (Å²) in [7, 11) is 0. The van der Waals surface area contributed by atoms with Crippen molar-refractivity contribution < 1.29 is 9.18 Å². The van der Waals surface area contributed by atoms with E-state index in [2.05, 4.69) is 15.2 Å². The van der Waals surface area contributed by atoms with E-state index in [-0.39, 0.29) is 17.1 Å². The summed E-state index contributed by atoms with van der Waals surface area (Å²) in [6.45, 7) is 2.60. The van der Waals surface area contributed by atoms with Gasteiger partial charge in [-0.15, -0.1) is 0 Å². The van der Waals surface area contributed by atoms with Crippen LogP contribution in [0.3, 0.4) is 0 Å². The number of benzene rings is 1. The maximum absolute atomic E-state index is 13.8. The first-order valence-corrected chi connectivity index (χ1v) is 13.3. The highest BCUT2D eigenvalue weighted by atomic mass is 19.1. The van der Waals surface area contributed by atoms with Crippen molar-refractivity contribution in [3.8, 4) is 0 Å². The lowest BCUT2D eigenvalue weighted by Crippen LogP contribution is -2.34. The molecule has 0 bridgehead atoms. The summed E-state index contributed by atoms with van der Waals surface area (Å²) < 4.78 is 13.8. The molecule has 2 heterocycles. The molecule has 1 aliphatic heterocycles. The van der Waals surface area contributed by atoms with Crippen molar-refractivity contribution in [2.75, 3.05) is 24.5 Å². The molecule has 1 aromatic heterocycles. The summed E-state index contributed by atoms with van der Waals surface area (Å²) in [5.41, 5.74) is 2.08. The Bertz CT molecular complexity index is 974. The minimum absolute atomic E-state index is 0.0767. The van der Waals surface area contributed by atoms with Crippen molar-refractivity contribution in [1.29, 1.82) is 0 Å². The lowest BCUT2D eigenvalue weighted by molar-refractivity contribution is 0.0947. The molecule has 0 atom stereocenters. The van der Waals surface area contributed by atoms with Crippen LogP contribution >= 0.6 is 0 Å². The second-order valence-corrected chi connectivity index (χ2v) is 10.5. The maximum Gasteiger partial charge on any atom is 0.254 e. The molecule has 2 saturated carbocycles. The minimum Gasteiger partial charge on any atom is -0.352 e. The van der Waals surface area contributed by atoms with Gasteiger partial charge in [0.05, 0.1) is 11.3 Å². The summed E-state index contributed by atoms with van der Waals surface area (Å²) in [5.74, 6) is 1.13. The Kier molecular flexibility index (Phi) is 7.12. The second kappa shape index (κ2) is 10.4. The van der Waals surface area contributed by atoms with Gasteiger partial charge >= 0.3 is 0 Å². The van der Waals surface area contributed by atoms with E-state index in [0.29, 0.717) is 12.1 Å². The first kappa shape index (κ1) is 23.3. The van der Waals surface area contributed by atoms with Crippen molar-refractivity contribution in [3.63, 3.8) is 0 Å². The largest absolute Gasteiger partial charge is 0.352 e. The van der Waals surface area contributed by atoms with Crippen LogP contribution in [0, 0.1) is 11.7 Å². The highest BCUT2D eigenvalue weighted by molar-refractivity contribution is 5.95. The molecule has 1 aromatic carbocycles. The second-order valence-electron chi connectivity index (χ2n) is 10.5. The predicted octanol–water partition coefficient (Wildman–Crippen LogP) is 5.78. The van der Waals surface area contributed by atoms with Crippen LogP contribution in [-0.2, 0) is 5.41 Å². The van der Waals surface area contributed by atoms with Crippen LogP contribution in [0.5, 0.6) is 0 Å². The fourth-order valence-electron chi connectivity index (χ4n) is 6.34. The summed E-state index contributed by atoms with van der Waals surface area (Å²) in [6, 6.07) is 6.82. The van der Waals surface area contributed by atoms with Crippen molar-refractivity contribution >= 4 is 11.9 Å². The number of nitrogens with one attached hydrogen (secondary N) is 1. The Morgan fingerprint density at radius 1 is 1.00 bits per heavy atom. The molecule has 0 unspecified atom stereocenters. The molecule has 1 amide bonds. The van der Waals surface area contributed by atoms with Gasteiger partial charge in [0.25, 0.3) is 5.91 Å². The Balaban J connectivity index is 1.46. The Labute approximate surface area is 202 Å². The number of anilines is 1. The monoisotopic (exact) mass is 464 g/mol. The van der Waals surface area contributed by atoms with E-state index < -0.39 is 0 Å². The first-order valence-electron chi connectivity index (χ1n) is 13.3. The van der Waals surface area contributed by atoms with Gasteiger partial charge in [0.15, 0.2) is 0 Å². The number of hydrogen-bond acceptors (Lipinski definition) is 4. The molecule has 5 rings (SSSR count). The lowest BCUT2D eigenvalue weighted by Gasteiger charge is -2.32. The predicted molar refractivity (Wildman–Crippen MR) is 133 cm³/mol. The topological polar surface area (TPSA) is 58.1 Å². The molecule has 1 N–H and O–H groups in total. The third kappa shape index (κ3) is 4.82. The molecule has 0 radical (unpaired) electrons. The van der Waals surface area contributed by atoms with E-state index in [0.717, 1.165) is 81.2 Å². The van der Waals surface area contributed by atoms with Gasteiger partial charge in [0.2, 0.25) is 5.95 Å². The van der Waals surface area contributed by atoms with Gasteiger partial charge in [-0.25, -0.2) is 14.4 Å². The molecule has 5 nitrogen and oxygen atoms in total. The van der Waals surface area contributed by atoms with Crippen LogP contribution in [0.1, 0.15) is 98.7 Å². The van der Waals surface area contributed by atoms with Crippen LogP contribution in [0.25, 0.3) is 0 Å². The van der Waals surface area contributed by atoms with E-state index >= 15 is 0 Å². The molecular formula is C28H37FN4O. The zero-order valence-corrected chi connectivity index (χ0v) is 20.2. The zero-order valence-electron chi connectivity index (χ0n) is 20.2. The normalized spacial score (nSPS) is 20.6. The third-order valence-corrected chi connectivity index (χ3v) is 8.28. The van der Waals surface area contributed by atoms with Crippen LogP contribution in [0.2, 0.25) is 0 Å². The maximum atomic E-state index is 13.8. The molecule has 3 aliphatic rings. The van der Waals surface area contributed by atoms with Crippen molar-refractivity contribution in [2.45, 2.75) is 82.5 Å². The number of carbonyl (C=O) groups is 1. The van der Waals surface area contributed by atoms with Gasteiger partial charge in [0.1, 0.15) is 5.82 Å². The van der Waals surface area contributed by atoms with Crippen molar-refractivity contribution in [3.05, 3.63) is 53.1 Å². The first-order chi connectivity index (χ1) is 16.7. The van der Waals surface area contributed by atoms with Crippen LogP contribution in [-0.4, -0.2) is 35.5 Å². The average molecular weight is 465 g/mol. The average Bonchev–Trinajstić information content (AvgIpc) is 3.58. The minimum atomic E-state index is -0.374. The number of halogens is 1. The molecule has 34 heavy (non-hydrogen) atoms. The molecule has 182 valence electrons. The van der Waals surface area contributed by atoms with Gasteiger partial charge in [-0.1, -0.05) is 57.1 Å². The van der Waals surface area contributed by atoms with Crippen LogP contribution < -0.4 is 10.2 Å². The standard InChI is InChI=1S/C28H37FN4O/c29-23-12-10-22(11-13-23)28(15-4-5-16-28)25-24(20-31-27(32-25)33-18-6-7-19-33)26(34)30-17-14-21-8-2-1-3-9-21/h10-13,20-21H,1-9,14-19H2,(H,30,34). The molecule has 2 aromatic rings. The molecule has 6 heteroatoms. The summed E-state index contributed by atoms with van der Waals surface area (Å²) >= 11 is 0. The molecule has 0 spiro atoms. The molecule has 3 fully saturated rings. The van der Waals surface area contributed by atoms with Crippen molar-refractivity contribution in [1.82, 2.24) is 15.3 Å². The SMILES string of the molecule is O=C(NCCC1CCCCC1)c1cnc(N2CCCC2)nc1C1(c2ccc(F)cc2)CCCC1. The van der Waals surface area contributed by atoms with Gasteiger partial charge in [0, 0.05) is 31.2 Å². The van der Waals surface area contributed by atoms with Gasteiger partial charge in [-0.05, 0) is 55.7 Å². The highest BCUT2D eigenvalue weighted by Gasteiger charge is 2.42. The number of hydrogen-bond donors (Lipinski definition) is 1. The van der Waals surface area contributed by atoms with E-state index in [9.17, 15) is 9.18 Å². The van der Waals surface area contributed by atoms with E-state index in [4.69, 9.17) is 4.98 Å². The third-order valence-electron chi connectivity index (χ3n) is 8.28. The smallest absolute Gasteiger partial charge is 0.254 e. The Morgan fingerprint density at radius 2 is 1.71 bits per heavy atom. The quantitative estimate of drug-likeness (QED) is 0.565. The lowest BCUT2D eigenvalue weighted by atomic mass is 9.74. The van der Waals surface area contributed by atoms with Crippen LogP contribution in [0.4, 0.5) is 10.3 Å². The van der Waals surface area contributed by atoms with E-state index in [1.807, 2.05) is 12.1 Å². The number of amides is 1. The number of nitrogens with zero attached hydrogens (tertiary/aromatic N) is 3. The number of carbonyl (C=O) groups excluding carboxylic acids is 1. The molecule has 1 saturated heterocycles. The van der Waals surface area contributed by atoms with E-state index in [1.54, 1.807) is 6.20 Å². The van der Waals surface area contributed by atoms with Gasteiger partial charge in [-0.3, -0.25) is 4.79 Å². The number of aromatic nitrogens is 2. The number of rotatable bonds is 7. The summed E-state index contributed by atoms with van der Waals surface area (Å²) in [5, 5.41) is 3.18. The molecule has 2 aliphatic carbocycles. The summed E-state index contributed by atoms with van der Waals surface area (Å²) in [6.07, 6.45) is 15.6. The van der Waals surface area contributed by atoms with Crippen LogP contribution in [0.15, 0.2) is 30.5 Å². The van der Waals surface area contributed by atoms with Gasteiger partial charge < -0.3 is 10.2 Å². The highest BCUT2D eigenvalue weighted by Crippen LogP contribution is 2.47. The molecular weight excluding hydrogens is 427 g/mol. The fraction of sp³-hybridized carbons (Fsp3) is 0.607.